The third-order valence-electron chi connectivity index (χ3n) is 1.89. The average Bonchev–Trinajstić information content (AvgIpc) is 2.15. The largest absolute Gasteiger partial charge is 0.252 e. The van der Waals surface area contributed by atoms with Gasteiger partial charge in [0.1, 0.15) is 0 Å². The quantitative estimate of drug-likeness (QED) is 0.676. The molecular weight excluding hydrogens is 273 g/mol. The van der Waals surface area contributed by atoms with Crippen LogP contribution in [0.15, 0.2) is 24.3 Å². The van der Waals surface area contributed by atoms with Crippen molar-refractivity contribution in [2.24, 2.45) is 0 Å². The van der Waals surface area contributed by atoms with Crippen LogP contribution in [-0.2, 0) is 0 Å². The fourth-order valence-corrected chi connectivity index (χ4v) is 1.94. The molecule has 0 aliphatic carbocycles. The van der Waals surface area contributed by atoms with Crippen LogP contribution in [0.4, 0.5) is 0 Å². The van der Waals surface area contributed by atoms with Crippen LogP contribution in [-0.4, -0.2) is 4.98 Å². The predicted molar refractivity (Wildman–Crippen MR) is 61.3 cm³/mol. The Balaban J connectivity index is 2.94. The van der Waals surface area contributed by atoms with Crippen LogP contribution in [0.1, 0.15) is 11.3 Å². The Kier molecular flexibility index (Phi) is 2.24. The molecule has 0 saturated heterocycles. The number of benzene rings is 1. The summed E-state index contributed by atoms with van der Waals surface area (Å²) >= 11 is 2.18. The number of fused-ring (bicyclic) bond motifs is 1. The summed E-state index contributed by atoms with van der Waals surface area (Å²) in [6.45, 7) is 11.4. The van der Waals surface area contributed by atoms with Gasteiger partial charge in [-0.05, 0) is 34.2 Å². The van der Waals surface area contributed by atoms with E-state index in [-0.39, 0.29) is 0 Å². The van der Waals surface area contributed by atoms with E-state index < -0.39 is 0 Å². The lowest BCUT2D eigenvalue weighted by Gasteiger charge is -2.05. The van der Waals surface area contributed by atoms with Crippen molar-refractivity contribution in [3.8, 4) is 0 Å². The summed E-state index contributed by atoms with van der Waals surface area (Å²) in [5, 5.41) is 1.05. The smallest absolute Gasteiger partial charge is 0.0716 e. The minimum absolute atomic E-state index is 0.406. The highest BCUT2D eigenvalue weighted by Crippen LogP contribution is 2.23. The Labute approximate surface area is 91.3 Å². The number of pyridine rings is 1. The van der Waals surface area contributed by atoms with Gasteiger partial charge in [-0.15, -0.1) is 0 Å². The molecular formula is C11H6IN. The van der Waals surface area contributed by atoms with Crippen molar-refractivity contribution in [1.82, 2.24) is 4.98 Å². The minimum atomic E-state index is 0.406. The third-order valence-corrected chi connectivity index (χ3v) is 3.06. The van der Waals surface area contributed by atoms with Crippen molar-refractivity contribution in [3.63, 3.8) is 0 Å². The summed E-state index contributed by atoms with van der Waals surface area (Å²) in [6, 6.07) is 7.80. The highest BCUT2D eigenvalue weighted by molar-refractivity contribution is 14.1. The van der Waals surface area contributed by atoms with Crippen LogP contribution in [0, 0.1) is 17.4 Å². The van der Waals surface area contributed by atoms with Crippen LogP contribution in [0.25, 0.3) is 10.9 Å². The first-order chi connectivity index (χ1) is 6.20. The van der Waals surface area contributed by atoms with E-state index in [1.807, 2.05) is 24.3 Å². The monoisotopic (exact) mass is 279 g/mol. The molecule has 2 heteroatoms. The molecule has 2 rings (SSSR count). The SMILES string of the molecule is [CH]c1nc2ccccc2c(I)c1[CH]. The second kappa shape index (κ2) is 3.25. The van der Waals surface area contributed by atoms with E-state index in [4.69, 9.17) is 13.8 Å². The first-order valence-electron chi connectivity index (χ1n) is 3.79. The molecule has 0 bridgehead atoms. The highest BCUT2D eigenvalue weighted by atomic mass is 127. The fraction of sp³-hybridized carbons (Fsp3) is 0. The summed E-state index contributed by atoms with van der Waals surface area (Å²) in [6.07, 6.45) is 0. The number of para-hydroxylation sites is 1. The summed E-state index contributed by atoms with van der Waals surface area (Å²) in [5.74, 6) is 0. The van der Waals surface area contributed by atoms with E-state index in [1.54, 1.807) is 0 Å². The zero-order valence-corrected chi connectivity index (χ0v) is 8.95. The number of hydrogen-bond acceptors (Lipinski definition) is 1. The molecule has 1 heterocycles. The summed E-state index contributed by atoms with van der Waals surface area (Å²) in [4.78, 5) is 4.18. The van der Waals surface area contributed by atoms with Gasteiger partial charge in [-0.25, -0.2) is 0 Å². The second-order valence-corrected chi connectivity index (χ2v) is 3.82. The standard InChI is InChI=1S/C11H6IN/c1-7-8(2)13-10-6-4-3-5-9(10)11(7)12/h1-6H. The Hall–Kier alpha value is -0.640. The Morgan fingerprint density at radius 1 is 1.15 bits per heavy atom. The van der Waals surface area contributed by atoms with Crippen LogP contribution >= 0.6 is 22.6 Å². The Bertz CT molecular complexity index is 463. The molecule has 1 aromatic carbocycles. The van der Waals surface area contributed by atoms with Crippen molar-refractivity contribution < 1.29 is 0 Å². The summed E-state index contributed by atoms with van der Waals surface area (Å²) in [5.41, 5.74) is 1.86. The Morgan fingerprint density at radius 3 is 2.62 bits per heavy atom. The van der Waals surface area contributed by atoms with Crippen LogP contribution in [0.3, 0.4) is 0 Å². The molecule has 0 aliphatic rings. The maximum absolute atomic E-state index is 5.75. The van der Waals surface area contributed by atoms with Gasteiger partial charge in [0.05, 0.1) is 11.2 Å². The zero-order valence-electron chi connectivity index (χ0n) is 6.79. The number of aromatic nitrogens is 1. The molecule has 0 aliphatic heterocycles. The van der Waals surface area contributed by atoms with Crippen molar-refractivity contribution in [3.05, 3.63) is 52.9 Å². The van der Waals surface area contributed by atoms with Crippen molar-refractivity contribution in [2.75, 3.05) is 0 Å². The van der Waals surface area contributed by atoms with E-state index in [0.717, 1.165) is 14.5 Å². The first kappa shape index (κ1) is 8.94. The number of halogens is 1. The molecule has 4 radical (unpaired) electrons. The molecule has 0 amide bonds. The maximum atomic E-state index is 5.75. The molecule has 2 aromatic rings. The number of hydrogen-bond donors (Lipinski definition) is 0. The van der Waals surface area contributed by atoms with Gasteiger partial charge in [-0.1, -0.05) is 18.2 Å². The van der Waals surface area contributed by atoms with E-state index in [2.05, 4.69) is 27.6 Å². The summed E-state index contributed by atoms with van der Waals surface area (Å²) < 4.78 is 0.973. The lowest BCUT2D eigenvalue weighted by molar-refractivity contribution is 1.29. The molecule has 1 nitrogen and oxygen atoms in total. The zero-order chi connectivity index (χ0) is 9.42. The maximum Gasteiger partial charge on any atom is 0.0716 e. The molecule has 0 N–H and O–H groups in total. The molecule has 0 spiro atoms. The molecule has 0 unspecified atom stereocenters. The number of nitrogens with zero attached hydrogens (tertiary/aromatic N) is 1. The van der Waals surface area contributed by atoms with Gasteiger partial charge in [0.2, 0.25) is 0 Å². The normalized spacial score (nSPS) is 10.7. The lowest BCUT2D eigenvalue weighted by Crippen LogP contribution is -1.92. The molecule has 13 heavy (non-hydrogen) atoms. The molecule has 0 atom stereocenters. The summed E-state index contributed by atoms with van der Waals surface area (Å²) in [7, 11) is 0. The van der Waals surface area contributed by atoms with E-state index in [1.165, 1.54) is 0 Å². The van der Waals surface area contributed by atoms with Crippen molar-refractivity contribution in [1.29, 1.82) is 0 Å². The van der Waals surface area contributed by atoms with Gasteiger partial charge in [0, 0.05) is 22.8 Å². The molecule has 1 aromatic heterocycles. The van der Waals surface area contributed by atoms with Crippen molar-refractivity contribution in [2.45, 2.75) is 0 Å². The fourth-order valence-electron chi connectivity index (χ4n) is 1.20. The number of rotatable bonds is 0. The second-order valence-electron chi connectivity index (χ2n) is 2.74. The van der Waals surface area contributed by atoms with E-state index >= 15 is 0 Å². The van der Waals surface area contributed by atoms with Gasteiger partial charge in [0.25, 0.3) is 0 Å². The lowest BCUT2D eigenvalue weighted by atomic mass is 10.1. The molecule has 62 valence electrons. The Morgan fingerprint density at radius 2 is 1.85 bits per heavy atom. The minimum Gasteiger partial charge on any atom is -0.252 e. The predicted octanol–water partition coefficient (Wildman–Crippen LogP) is 2.96. The highest BCUT2D eigenvalue weighted by Gasteiger charge is 2.05. The van der Waals surface area contributed by atoms with Crippen LogP contribution in [0.5, 0.6) is 0 Å². The van der Waals surface area contributed by atoms with Gasteiger partial charge in [-0.3, -0.25) is 4.98 Å². The third kappa shape index (κ3) is 1.43. The van der Waals surface area contributed by atoms with Gasteiger partial charge >= 0.3 is 0 Å². The van der Waals surface area contributed by atoms with Gasteiger partial charge in [-0.2, -0.15) is 0 Å². The molecule has 0 saturated carbocycles. The first-order valence-corrected chi connectivity index (χ1v) is 4.87. The van der Waals surface area contributed by atoms with E-state index in [0.29, 0.717) is 11.3 Å². The van der Waals surface area contributed by atoms with Gasteiger partial charge < -0.3 is 0 Å². The topological polar surface area (TPSA) is 12.9 Å². The van der Waals surface area contributed by atoms with Crippen molar-refractivity contribution >= 4 is 33.5 Å². The van der Waals surface area contributed by atoms with Crippen LogP contribution in [0.2, 0.25) is 0 Å². The van der Waals surface area contributed by atoms with Crippen LogP contribution < -0.4 is 0 Å². The van der Waals surface area contributed by atoms with E-state index in [9.17, 15) is 0 Å². The van der Waals surface area contributed by atoms with Gasteiger partial charge in [0.15, 0.2) is 0 Å². The average molecular weight is 279 g/mol. The molecule has 0 fully saturated rings.